The van der Waals surface area contributed by atoms with Gasteiger partial charge in [0.1, 0.15) is 0 Å². The highest BCUT2D eigenvalue weighted by Gasteiger charge is 2.45. The van der Waals surface area contributed by atoms with E-state index >= 15 is 0 Å². The second kappa shape index (κ2) is 11.2. The highest BCUT2D eigenvalue weighted by molar-refractivity contribution is 6.12. The summed E-state index contributed by atoms with van der Waals surface area (Å²) in [5.74, 6) is 0. The maximum Gasteiger partial charge on any atom is 0.0159 e. The van der Waals surface area contributed by atoms with E-state index in [0.29, 0.717) is 0 Å². The molecule has 0 radical (unpaired) electrons. The number of hydrogen-bond donors (Lipinski definition) is 0. The zero-order valence-corrected chi connectivity index (χ0v) is 35.0. The molecule has 8 aromatic carbocycles. The van der Waals surface area contributed by atoms with Crippen LogP contribution in [0.2, 0.25) is 0 Å². The van der Waals surface area contributed by atoms with Crippen molar-refractivity contribution in [2.45, 2.75) is 85.5 Å². The molecule has 3 aliphatic carbocycles. The third-order valence-corrected chi connectivity index (χ3v) is 14.6. The van der Waals surface area contributed by atoms with Crippen LogP contribution in [0, 0.1) is 27.7 Å². The lowest BCUT2D eigenvalue weighted by Crippen LogP contribution is -2.17. The molecule has 0 bridgehead atoms. The normalized spacial score (nSPS) is 16.0. The first-order valence-corrected chi connectivity index (χ1v) is 20.8. The predicted octanol–water partition coefficient (Wildman–Crippen LogP) is 15.5. The number of fused-ring (bicyclic) bond motifs is 13. The van der Waals surface area contributed by atoms with Gasteiger partial charge in [-0.3, -0.25) is 0 Å². The molecule has 0 saturated heterocycles. The van der Waals surface area contributed by atoms with Crippen molar-refractivity contribution in [3.8, 4) is 55.6 Å². The monoisotopic (exact) mass is 734 g/mol. The third-order valence-electron chi connectivity index (χ3n) is 14.6. The van der Waals surface area contributed by atoms with E-state index < -0.39 is 0 Å². The molecule has 0 aromatic heterocycles. The van der Waals surface area contributed by atoms with Crippen LogP contribution >= 0.6 is 0 Å². The van der Waals surface area contributed by atoms with Crippen LogP contribution in [-0.2, 0) is 16.2 Å². The van der Waals surface area contributed by atoms with Gasteiger partial charge >= 0.3 is 0 Å². The largest absolute Gasteiger partial charge is 0.0616 e. The van der Waals surface area contributed by atoms with Crippen molar-refractivity contribution in [3.63, 3.8) is 0 Å². The number of benzene rings is 8. The molecule has 0 unspecified atom stereocenters. The molecule has 278 valence electrons. The summed E-state index contributed by atoms with van der Waals surface area (Å²) in [7, 11) is 0. The Bertz CT molecular complexity index is 2910. The molecule has 0 heteroatoms. The second-order valence-corrected chi connectivity index (χ2v) is 19.2. The molecule has 57 heavy (non-hydrogen) atoms. The van der Waals surface area contributed by atoms with Crippen LogP contribution in [0.3, 0.4) is 0 Å². The minimum atomic E-state index is -0.155. The van der Waals surface area contributed by atoms with Gasteiger partial charge in [0, 0.05) is 16.2 Å². The first-order chi connectivity index (χ1) is 27.2. The molecular formula is C57H50. The van der Waals surface area contributed by atoms with Crippen molar-refractivity contribution >= 4 is 21.5 Å². The summed E-state index contributed by atoms with van der Waals surface area (Å²) in [6, 6.07) is 47.5. The summed E-state index contributed by atoms with van der Waals surface area (Å²) >= 11 is 0. The molecule has 0 heterocycles. The van der Waals surface area contributed by atoms with Crippen molar-refractivity contribution in [2.75, 3.05) is 0 Å². The fourth-order valence-corrected chi connectivity index (χ4v) is 11.4. The van der Waals surface area contributed by atoms with E-state index in [9.17, 15) is 0 Å². The van der Waals surface area contributed by atoms with Gasteiger partial charge in [-0.15, -0.1) is 0 Å². The van der Waals surface area contributed by atoms with Crippen LogP contribution in [0.15, 0.2) is 121 Å². The molecule has 8 aromatic rings. The second-order valence-electron chi connectivity index (χ2n) is 19.2. The Labute approximate surface area is 338 Å². The summed E-state index contributed by atoms with van der Waals surface area (Å²) < 4.78 is 0. The Balaban J connectivity index is 1.13. The molecule has 0 nitrogen and oxygen atoms in total. The van der Waals surface area contributed by atoms with E-state index in [1.54, 1.807) is 0 Å². The molecule has 11 rings (SSSR count). The Kier molecular flexibility index (Phi) is 6.80. The number of hydrogen-bond acceptors (Lipinski definition) is 0. The maximum atomic E-state index is 2.60. The van der Waals surface area contributed by atoms with Gasteiger partial charge in [0.2, 0.25) is 0 Å². The molecule has 3 aliphatic rings. The standard InChI is InChI=1S/C57H50/c1-31-19-21-33(3)39(23-31)41-25-51-53(37-17-13-11-15-35(37)41)45-29-47-43(27-49(45)56(51,7)8)44-28-50-46(30-48(44)55(47,5)6)54-38-18-14-12-16-36(38)42(26-52(54)57(50,9)10)40-24-32(2)20-22-34(40)4/h11-30H,1-10H3. The molecule has 0 atom stereocenters. The van der Waals surface area contributed by atoms with E-state index in [2.05, 4.69) is 191 Å². The van der Waals surface area contributed by atoms with E-state index in [4.69, 9.17) is 0 Å². The van der Waals surface area contributed by atoms with Crippen LogP contribution in [-0.4, -0.2) is 0 Å². The van der Waals surface area contributed by atoms with Gasteiger partial charge in [0.25, 0.3) is 0 Å². The smallest absolute Gasteiger partial charge is 0.0159 e. The van der Waals surface area contributed by atoms with Gasteiger partial charge in [0.05, 0.1) is 0 Å². The fourth-order valence-electron chi connectivity index (χ4n) is 11.4. The summed E-state index contributed by atoms with van der Waals surface area (Å²) in [5.41, 5.74) is 27.2. The molecule has 0 N–H and O–H groups in total. The summed E-state index contributed by atoms with van der Waals surface area (Å²) in [6.07, 6.45) is 0. The van der Waals surface area contributed by atoms with E-state index in [1.807, 2.05) is 0 Å². The Morgan fingerprint density at radius 3 is 1.00 bits per heavy atom. The van der Waals surface area contributed by atoms with Crippen LogP contribution in [0.4, 0.5) is 0 Å². The molecule has 0 spiro atoms. The van der Waals surface area contributed by atoms with Crippen LogP contribution in [0.5, 0.6) is 0 Å². The minimum absolute atomic E-state index is 0.154. The van der Waals surface area contributed by atoms with Crippen LogP contribution < -0.4 is 0 Å². The predicted molar refractivity (Wildman–Crippen MR) is 244 cm³/mol. The summed E-state index contributed by atoms with van der Waals surface area (Å²) in [6.45, 7) is 23.7. The summed E-state index contributed by atoms with van der Waals surface area (Å²) in [5, 5.41) is 5.38. The number of aryl methyl sites for hydroxylation is 4. The topological polar surface area (TPSA) is 0 Å². The maximum absolute atomic E-state index is 2.60. The lowest BCUT2D eigenvalue weighted by atomic mass is 9.78. The molecule has 0 saturated carbocycles. The van der Waals surface area contributed by atoms with E-state index in [-0.39, 0.29) is 16.2 Å². The Morgan fingerprint density at radius 2 is 0.596 bits per heavy atom. The highest BCUT2D eigenvalue weighted by Crippen LogP contribution is 2.61. The third kappa shape index (κ3) is 4.45. The fraction of sp³-hybridized carbons (Fsp3) is 0.228. The van der Waals surface area contributed by atoms with Crippen molar-refractivity contribution in [2.24, 2.45) is 0 Å². The van der Waals surface area contributed by atoms with E-state index in [0.717, 1.165) is 0 Å². The zero-order chi connectivity index (χ0) is 39.5. The molecular weight excluding hydrogens is 685 g/mol. The van der Waals surface area contributed by atoms with Crippen molar-refractivity contribution in [1.29, 1.82) is 0 Å². The molecule has 0 fully saturated rings. The minimum Gasteiger partial charge on any atom is -0.0616 e. The molecule has 0 aliphatic heterocycles. The lowest BCUT2D eigenvalue weighted by Gasteiger charge is -2.25. The van der Waals surface area contributed by atoms with Crippen molar-refractivity contribution in [3.05, 3.63) is 177 Å². The number of rotatable bonds is 2. The Hall–Kier alpha value is -5.72. The molecule has 0 amide bonds. The SMILES string of the molecule is Cc1ccc(C)c(-c2cc3c(c4ccccc24)-c2cc4c(cc2C3(C)C)-c2cc3c(cc2C4(C)C)-c2c(cc(-c4cc(C)ccc4C)c4ccccc24)C3(C)C)c1. The highest BCUT2D eigenvalue weighted by atomic mass is 14.5. The quantitative estimate of drug-likeness (QED) is 0.166. The van der Waals surface area contributed by atoms with Crippen LogP contribution in [0.1, 0.15) is 97.2 Å². The Morgan fingerprint density at radius 1 is 0.281 bits per heavy atom. The van der Waals surface area contributed by atoms with Crippen molar-refractivity contribution < 1.29 is 0 Å². The summed E-state index contributed by atoms with van der Waals surface area (Å²) in [4.78, 5) is 0. The first kappa shape index (κ1) is 34.5. The van der Waals surface area contributed by atoms with Gasteiger partial charge in [-0.2, -0.15) is 0 Å². The van der Waals surface area contributed by atoms with Gasteiger partial charge in [0.15, 0.2) is 0 Å². The lowest BCUT2D eigenvalue weighted by molar-refractivity contribution is 0.649. The average Bonchev–Trinajstić information content (AvgIpc) is 3.66. The van der Waals surface area contributed by atoms with E-state index in [1.165, 1.54) is 133 Å². The van der Waals surface area contributed by atoms with Gasteiger partial charge in [-0.1, -0.05) is 138 Å². The zero-order valence-electron chi connectivity index (χ0n) is 35.0. The average molecular weight is 735 g/mol. The van der Waals surface area contributed by atoms with Gasteiger partial charge < -0.3 is 0 Å². The van der Waals surface area contributed by atoms with Crippen molar-refractivity contribution in [1.82, 2.24) is 0 Å². The van der Waals surface area contributed by atoms with Gasteiger partial charge in [-0.05, 0) is 186 Å². The van der Waals surface area contributed by atoms with Gasteiger partial charge in [-0.25, -0.2) is 0 Å². The van der Waals surface area contributed by atoms with Crippen LogP contribution in [0.25, 0.3) is 77.2 Å². The first-order valence-electron chi connectivity index (χ1n) is 20.8.